The van der Waals surface area contributed by atoms with Crippen molar-refractivity contribution in [2.75, 3.05) is 14.2 Å². The number of hydrogen-bond acceptors (Lipinski definition) is 7. The predicted molar refractivity (Wildman–Crippen MR) is 195 cm³/mol. The number of alkyl halides is 3. The van der Waals surface area contributed by atoms with E-state index in [2.05, 4.69) is 53.0 Å². The summed E-state index contributed by atoms with van der Waals surface area (Å²) in [6.45, 7) is 10.4. The van der Waals surface area contributed by atoms with Gasteiger partial charge in [0.2, 0.25) is 0 Å². The number of halogens is 3. The van der Waals surface area contributed by atoms with Gasteiger partial charge in [0.05, 0.1) is 0 Å². The Morgan fingerprint density at radius 1 is 0.960 bits per heavy atom. The Labute approximate surface area is 301 Å². The van der Waals surface area contributed by atoms with Crippen molar-refractivity contribution in [2.45, 2.75) is 123 Å². The van der Waals surface area contributed by atoms with Gasteiger partial charge in [0.1, 0.15) is 5.76 Å². The molecule has 7 nitrogen and oxygen atoms in total. The summed E-state index contributed by atoms with van der Waals surface area (Å²) in [5.74, 6) is 5.59. The van der Waals surface area contributed by atoms with Crippen LogP contribution in [-0.4, -0.2) is 58.4 Å². The van der Waals surface area contributed by atoms with E-state index in [0.29, 0.717) is 17.9 Å². The van der Waals surface area contributed by atoms with Crippen molar-refractivity contribution in [3.05, 3.63) is 63.0 Å². The van der Waals surface area contributed by atoms with Gasteiger partial charge in [-0.2, -0.15) is 21.6 Å². The van der Waals surface area contributed by atoms with Crippen LogP contribution in [0.2, 0.25) is 13.3 Å². The molecule has 0 N–H and O–H groups in total. The van der Waals surface area contributed by atoms with Crippen LogP contribution in [0.4, 0.5) is 13.2 Å². The Balaban J connectivity index is 1.99. The molecule has 0 saturated carbocycles. The number of methoxy groups -OCH3 is 2. The van der Waals surface area contributed by atoms with E-state index in [0.717, 1.165) is 11.1 Å². The first-order valence-electron chi connectivity index (χ1n) is 17.5. The van der Waals surface area contributed by atoms with Crippen molar-refractivity contribution in [1.29, 1.82) is 0 Å². The molecule has 278 valence electrons. The molecule has 0 radical (unpaired) electrons. The van der Waals surface area contributed by atoms with Gasteiger partial charge in [0.15, 0.2) is 0 Å². The second-order valence-electron chi connectivity index (χ2n) is 13.3. The maximum absolute atomic E-state index is 12.9. The van der Waals surface area contributed by atoms with Crippen LogP contribution in [0.5, 0.6) is 11.5 Å². The van der Waals surface area contributed by atoms with Crippen molar-refractivity contribution in [3.8, 4) is 23.3 Å². The fraction of sp³-hybridized carbons (Fsp3) is 0.579. The van der Waals surface area contributed by atoms with Crippen LogP contribution in [0, 0.1) is 11.8 Å². The third-order valence-electron chi connectivity index (χ3n) is 8.93. The SMILES string of the molecule is CCC[CH2][Sn](/[CH]=C/C=C/c1cc(OC)c(OC)cc1[C@H]1OC(C)(C)O[C@@H]1C#C/C=C1\CCC=C1OS(=O)(=O)C(F)(F)F)([CH2]CCC)[CH2]CCC. The number of benzene rings is 1. The zero-order valence-electron chi connectivity index (χ0n) is 30.5. The first-order chi connectivity index (χ1) is 23.6. The van der Waals surface area contributed by atoms with E-state index in [9.17, 15) is 21.6 Å². The van der Waals surface area contributed by atoms with Crippen LogP contribution in [0.15, 0.2) is 51.9 Å². The average molecular weight is 830 g/mol. The number of allylic oxidation sites excluding steroid dienone is 5. The molecule has 50 heavy (non-hydrogen) atoms. The third-order valence-corrected chi connectivity index (χ3v) is 24.0. The summed E-state index contributed by atoms with van der Waals surface area (Å²) in [6, 6.07) is 3.75. The van der Waals surface area contributed by atoms with Gasteiger partial charge < -0.3 is 4.18 Å². The standard InChI is InChI=1S/C26H26F3O7S.3C4H9.Sn/c1-6-7-10-18-15-22(32-4)23(33-5)16-19(18)24-21(34-25(2,3)35-24)14-9-12-17-11-8-13-20(17)36-37(30,31)26(27,28)29;3*1-3-4-2;/h1,6-7,10,12-13,15-16,21,24H,8,11H2,2-5H3;3*1,3-4H2,2H3;/b6-1?,10-7+,17-12+;;;;/t21-,24-;;;;/m1..../s1. The summed E-state index contributed by atoms with van der Waals surface area (Å²) in [5.41, 5.74) is -3.68. The van der Waals surface area contributed by atoms with Gasteiger partial charge in [0, 0.05) is 0 Å². The third kappa shape index (κ3) is 11.6. The number of rotatable bonds is 17. The first kappa shape index (κ1) is 42.0. The van der Waals surface area contributed by atoms with E-state index in [-0.39, 0.29) is 17.8 Å². The molecular formula is C38H53F3O7SSn. The Hall–Kier alpha value is -2.40. The molecule has 1 heterocycles. The van der Waals surface area contributed by atoms with Crippen LogP contribution in [0.25, 0.3) is 6.08 Å². The van der Waals surface area contributed by atoms with Gasteiger partial charge >= 0.3 is 252 Å². The number of unbranched alkanes of at least 4 members (excludes halogenated alkanes) is 3. The van der Waals surface area contributed by atoms with Crippen LogP contribution < -0.4 is 9.47 Å². The molecule has 1 aromatic carbocycles. The molecule has 3 rings (SSSR count). The molecule has 1 aromatic rings. The van der Waals surface area contributed by atoms with Crippen molar-refractivity contribution < 1.29 is 44.7 Å². The molecule has 0 unspecified atom stereocenters. The van der Waals surface area contributed by atoms with Crippen LogP contribution in [0.3, 0.4) is 0 Å². The number of hydrogen-bond donors (Lipinski definition) is 0. The van der Waals surface area contributed by atoms with Gasteiger partial charge in [-0.15, -0.1) is 0 Å². The van der Waals surface area contributed by atoms with E-state index in [4.69, 9.17) is 18.9 Å². The fourth-order valence-corrected chi connectivity index (χ4v) is 20.9. The molecule has 12 heteroatoms. The molecule has 0 bridgehead atoms. The summed E-state index contributed by atoms with van der Waals surface area (Å²) in [5, 5.41) is 0. The normalized spacial score (nSPS) is 20.4. The summed E-state index contributed by atoms with van der Waals surface area (Å²) in [6.07, 6.45) is 15.7. The summed E-state index contributed by atoms with van der Waals surface area (Å²) < 4.78 is 96.9. The van der Waals surface area contributed by atoms with Crippen molar-refractivity contribution in [2.24, 2.45) is 0 Å². The second kappa shape index (κ2) is 18.9. The molecule has 2 atom stereocenters. The first-order valence-corrected chi connectivity index (χ1v) is 26.6. The minimum absolute atomic E-state index is 0.250. The average Bonchev–Trinajstić information content (AvgIpc) is 3.63. The Kier molecular flexibility index (Phi) is 15.9. The Morgan fingerprint density at radius 2 is 1.56 bits per heavy atom. The molecule has 0 spiro atoms. The summed E-state index contributed by atoms with van der Waals surface area (Å²) in [4.78, 5) is 0. The van der Waals surface area contributed by atoms with Gasteiger partial charge in [-0.25, -0.2) is 0 Å². The Morgan fingerprint density at radius 3 is 2.12 bits per heavy atom. The second-order valence-corrected chi connectivity index (χ2v) is 27.8. The molecule has 2 aliphatic rings. The molecule has 0 aromatic heterocycles. The number of ether oxygens (including phenoxy) is 4. The van der Waals surface area contributed by atoms with Crippen LogP contribution >= 0.6 is 0 Å². The maximum atomic E-state index is 12.9. The van der Waals surface area contributed by atoms with Gasteiger partial charge in [-0.05, 0) is 18.9 Å². The van der Waals surface area contributed by atoms with Gasteiger partial charge in [-0.3, -0.25) is 0 Å². The molecule has 1 aliphatic carbocycles. The van der Waals surface area contributed by atoms with E-state index >= 15 is 0 Å². The quantitative estimate of drug-likeness (QED) is 0.0509. The van der Waals surface area contributed by atoms with Gasteiger partial charge in [0.25, 0.3) is 0 Å². The van der Waals surface area contributed by atoms with Gasteiger partial charge in [-0.1, -0.05) is 0 Å². The van der Waals surface area contributed by atoms with E-state index < -0.39 is 52.0 Å². The molecule has 1 aliphatic heterocycles. The van der Waals surface area contributed by atoms with Crippen LogP contribution in [-0.2, 0) is 23.8 Å². The van der Waals surface area contributed by atoms with E-state index in [1.165, 1.54) is 64.0 Å². The van der Waals surface area contributed by atoms with Crippen molar-refractivity contribution in [3.63, 3.8) is 0 Å². The van der Waals surface area contributed by atoms with E-state index in [1.807, 2.05) is 18.2 Å². The summed E-state index contributed by atoms with van der Waals surface area (Å²) >= 11 is -2.50. The van der Waals surface area contributed by atoms with Crippen molar-refractivity contribution in [1.82, 2.24) is 0 Å². The predicted octanol–water partition coefficient (Wildman–Crippen LogP) is 10.3. The molecule has 1 saturated heterocycles. The monoisotopic (exact) mass is 830 g/mol. The van der Waals surface area contributed by atoms with E-state index in [1.54, 1.807) is 28.1 Å². The van der Waals surface area contributed by atoms with Crippen molar-refractivity contribution >= 4 is 34.6 Å². The molecular weight excluding hydrogens is 776 g/mol. The molecule has 0 amide bonds. The molecule has 1 fully saturated rings. The minimum atomic E-state index is -5.80. The Bertz CT molecular complexity index is 1560. The topological polar surface area (TPSA) is 80.3 Å². The zero-order valence-corrected chi connectivity index (χ0v) is 34.1. The summed E-state index contributed by atoms with van der Waals surface area (Å²) in [7, 11) is -2.66. The fourth-order valence-electron chi connectivity index (χ4n) is 6.25. The zero-order chi connectivity index (χ0) is 37.0. The van der Waals surface area contributed by atoms with Crippen LogP contribution in [0.1, 0.15) is 103 Å².